The maximum Gasteiger partial charge on any atom is 0.239 e. The van der Waals surface area contributed by atoms with Crippen LogP contribution >= 0.6 is 11.8 Å². The van der Waals surface area contributed by atoms with Crippen LogP contribution < -0.4 is 16.0 Å². The van der Waals surface area contributed by atoms with Gasteiger partial charge in [-0.05, 0) is 0 Å². The summed E-state index contributed by atoms with van der Waals surface area (Å²) in [5.41, 5.74) is 0.495. The Morgan fingerprint density at radius 2 is 1.33 bits per heavy atom. The maximum atomic E-state index is 11.9. The van der Waals surface area contributed by atoms with E-state index in [2.05, 4.69) is 16.0 Å². The van der Waals surface area contributed by atoms with Crippen molar-refractivity contribution in [2.75, 3.05) is 25.4 Å². The van der Waals surface area contributed by atoms with Crippen molar-refractivity contribution in [3.63, 3.8) is 0 Å². The Labute approximate surface area is 161 Å². The molecule has 0 saturated carbocycles. The number of carbonyl (C=O) groups excluding carboxylic acids is 5. The Kier molecular flexibility index (Phi) is 9.81. The first-order valence-electron chi connectivity index (χ1n) is 8.34. The van der Waals surface area contributed by atoms with E-state index in [4.69, 9.17) is 0 Å². The first-order chi connectivity index (χ1) is 12.8. The van der Waals surface area contributed by atoms with E-state index in [1.54, 1.807) is 44.2 Å². The zero-order valence-corrected chi connectivity index (χ0v) is 16.1. The molecule has 1 aromatic carbocycles. The Morgan fingerprint density at radius 3 is 1.89 bits per heavy atom. The zero-order valence-electron chi connectivity index (χ0n) is 15.2. The van der Waals surface area contributed by atoms with Crippen LogP contribution in [-0.4, -0.2) is 54.0 Å². The molecular weight excluding hydrogens is 370 g/mol. The summed E-state index contributed by atoms with van der Waals surface area (Å²) in [6.07, 6.45) is 0. The van der Waals surface area contributed by atoms with Gasteiger partial charge in [0.15, 0.2) is 5.78 Å². The minimum absolute atomic E-state index is 0.0875. The lowest BCUT2D eigenvalue weighted by Gasteiger charge is -2.08. The van der Waals surface area contributed by atoms with Crippen LogP contribution in [0, 0.1) is 5.92 Å². The minimum atomic E-state index is -0.548. The smallest absolute Gasteiger partial charge is 0.239 e. The molecule has 9 heteroatoms. The number of rotatable bonds is 10. The Bertz CT molecular complexity index is 691. The number of thioether (sulfide) groups is 1. The monoisotopic (exact) mass is 393 g/mol. The molecule has 0 aliphatic carbocycles. The van der Waals surface area contributed by atoms with Gasteiger partial charge >= 0.3 is 0 Å². The molecule has 0 aliphatic rings. The van der Waals surface area contributed by atoms with Gasteiger partial charge in [-0.1, -0.05) is 55.9 Å². The molecule has 0 heterocycles. The van der Waals surface area contributed by atoms with E-state index < -0.39 is 17.7 Å². The molecule has 1 aromatic rings. The van der Waals surface area contributed by atoms with Gasteiger partial charge in [-0.15, -0.1) is 0 Å². The molecule has 0 aromatic heterocycles. The topological polar surface area (TPSA) is 121 Å². The number of hydrogen-bond donors (Lipinski definition) is 3. The van der Waals surface area contributed by atoms with Crippen molar-refractivity contribution in [1.82, 2.24) is 16.0 Å². The number of Topliss-reactive ketones (excluding diaryl/α,β-unsaturated/α-hetero) is 1. The van der Waals surface area contributed by atoms with Gasteiger partial charge in [0.05, 0.1) is 25.4 Å². The van der Waals surface area contributed by atoms with Crippen molar-refractivity contribution in [2.45, 2.75) is 13.8 Å². The molecule has 146 valence electrons. The molecule has 0 atom stereocenters. The van der Waals surface area contributed by atoms with Gasteiger partial charge in [-0.25, -0.2) is 0 Å². The van der Waals surface area contributed by atoms with Gasteiger partial charge in [0.1, 0.15) is 0 Å². The SMILES string of the molecule is CC(C)C(=O)CNC(=O)CNC(=O)CNC(=O)CSC(=O)c1ccccc1. The van der Waals surface area contributed by atoms with Crippen molar-refractivity contribution in [2.24, 2.45) is 5.92 Å². The fourth-order valence-electron chi connectivity index (χ4n) is 1.71. The lowest BCUT2D eigenvalue weighted by Crippen LogP contribution is -2.43. The van der Waals surface area contributed by atoms with Crippen LogP contribution in [0.25, 0.3) is 0 Å². The summed E-state index contributed by atoms with van der Waals surface area (Å²) in [4.78, 5) is 58.1. The highest BCUT2D eigenvalue weighted by molar-refractivity contribution is 8.14. The third-order valence-corrected chi connectivity index (χ3v) is 4.24. The Balaban J connectivity index is 2.18. The molecular formula is C18H23N3O5S. The van der Waals surface area contributed by atoms with Crippen LogP contribution in [0.2, 0.25) is 0 Å². The molecule has 3 amide bonds. The van der Waals surface area contributed by atoms with Crippen molar-refractivity contribution in [1.29, 1.82) is 0 Å². The van der Waals surface area contributed by atoms with Crippen LogP contribution in [0.4, 0.5) is 0 Å². The third-order valence-electron chi connectivity index (χ3n) is 3.34. The average Bonchev–Trinajstić information content (AvgIpc) is 2.67. The number of nitrogens with one attached hydrogen (secondary N) is 3. The second-order valence-corrected chi connectivity index (χ2v) is 6.84. The zero-order chi connectivity index (χ0) is 20.2. The second kappa shape index (κ2) is 11.8. The standard InChI is InChI=1S/C18H23N3O5S/c1-12(2)14(22)8-19-15(23)9-20-16(24)10-21-17(25)11-27-18(26)13-6-4-3-5-7-13/h3-7,12H,8-11H2,1-2H3,(H,19,23)(H,20,24)(H,21,25). The molecule has 0 radical (unpaired) electrons. The van der Waals surface area contributed by atoms with Crippen LogP contribution in [0.5, 0.6) is 0 Å². The molecule has 0 aliphatic heterocycles. The van der Waals surface area contributed by atoms with E-state index >= 15 is 0 Å². The maximum absolute atomic E-state index is 11.9. The van der Waals surface area contributed by atoms with E-state index in [1.807, 2.05) is 0 Å². The number of carbonyl (C=O) groups is 5. The lowest BCUT2D eigenvalue weighted by molar-refractivity contribution is -0.128. The summed E-state index contributed by atoms with van der Waals surface area (Å²) in [6.45, 7) is 2.77. The quantitative estimate of drug-likeness (QED) is 0.520. The van der Waals surface area contributed by atoms with Crippen LogP contribution in [0.1, 0.15) is 24.2 Å². The summed E-state index contributed by atoms with van der Waals surface area (Å²) in [6, 6.07) is 8.55. The largest absolute Gasteiger partial charge is 0.347 e. The highest BCUT2D eigenvalue weighted by Crippen LogP contribution is 2.11. The molecule has 27 heavy (non-hydrogen) atoms. The number of benzene rings is 1. The Hall–Kier alpha value is -2.68. The van der Waals surface area contributed by atoms with Crippen molar-refractivity contribution in [3.8, 4) is 0 Å². The first-order valence-corrected chi connectivity index (χ1v) is 9.33. The molecule has 1 rings (SSSR count). The van der Waals surface area contributed by atoms with Gasteiger partial charge in [-0.2, -0.15) is 0 Å². The summed E-state index contributed by atoms with van der Waals surface area (Å²) in [5, 5.41) is 6.87. The van der Waals surface area contributed by atoms with Gasteiger partial charge in [0, 0.05) is 11.5 Å². The highest BCUT2D eigenvalue weighted by Gasteiger charge is 2.12. The second-order valence-electron chi connectivity index (χ2n) is 5.89. The van der Waals surface area contributed by atoms with Gasteiger partial charge in [0.25, 0.3) is 0 Å². The van der Waals surface area contributed by atoms with Crippen LogP contribution in [-0.2, 0) is 19.2 Å². The molecule has 0 fully saturated rings. The number of ketones is 1. The number of hydrogen-bond acceptors (Lipinski definition) is 6. The Morgan fingerprint density at radius 1 is 0.815 bits per heavy atom. The molecule has 8 nitrogen and oxygen atoms in total. The molecule has 0 bridgehead atoms. The minimum Gasteiger partial charge on any atom is -0.347 e. The van der Waals surface area contributed by atoms with Gasteiger partial charge in [0.2, 0.25) is 22.8 Å². The third kappa shape index (κ3) is 9.55. The van der Waals surface area contributed by atoms with E-state index in [-0.39, 0.29) is 42.2 Å². The van der Waals surface area contributed by atoms with Crippen LogP contribution in [0.3, 0.4) is 0 Å². The van der Waals surface area contributed by atoms with E-state index in [0.717, 1.165) is 11.8 Å². The first kappa shape index (κ1) is 22.4. The normalized spacial score (nSPS) is 10.2. The predicted molar refractivity (Wildman–Crippen MR) is 102 cm³/mol. The molecule has 0 saturated heterocycles. The van der Waals surface area contributed by atoms with Crippen LogP contribution in [0.15, 0.2) is 30.3 Å². The molecule has 0 spiro atoms. The summed E-state index contributed by atoms with van der Waals surface area (Å²) in [5.74, 6) is -1.91. The number of amides is 3. The predicted octanol–water partition coefficient (Wildman–Crippen LogP) is 0.134. The van der Waals surface area contributed by atoms with Crippen molar-refractivity contribution < 1.29 is 24.0 Å². The van der Waals surface area contributed by atoms with E-state index in [9.17, 15) is 24.0 Å². The summed E-state index contributed by atoms with van der Waals surface area (Å²) < 4.78 is 0. The lowest BCUT2D eigenvalue weighted by atomic mass is 10.1. The van der Waals surface area contributed by atoms with Gasteiger partial charge in [-0.3, -0.25) is 24.0 Å². The summed E-state index contributed by atoms with van der Waals surface area (Å²) in [7, 11) is 0. The fraction of sp³-hybridized carbons (Fsp3) is 0.389. The highest BCUT2D eigenvalue weighted by atomic mass is 32.2. The van der Waals surface area contributed by atoms with E-state index in [1.165, 1.54) is 0 Å². The molecule has 0 unspecified atom stereocenters. The van der Waals surface area contributed by atoms with Crippen molar-refractivity contribution in [3.05, 3.63) is 35.9 Å². The van der Waals surface area contributed by atoms with E-state index in [0.29, 0.717) is 5.56 Å². The van der Waals surface area contributed by atoms with Gasteiger partial charge < -0.3 is 16.0 Å². The average molecular weight is 393 g/mol. The van der Waals surface area contributed by atoms with Crippen molar-refractivity contribution >= 4 is 40.4 Å². The molecule has 3 N–H and O–H groups in total. The fourth-order valence-corrected chi connectivity index (χ4v) is 2.38. The summed E-state index contributed by atoms with van der Waals surface area (Å²) >= 11 is 0.840.